The third-order valence-electron chi connectivity index (χ3n) is 3.08. The molecule has 0 spiro atoms. The zero-order valence-corrected chi connectivity index (χ0v) is 11.7. The standard InChI is InChI=1S/C15H21N3O2/c1-2-9-16-12-5-3-11(4-6-12)15(20)17-10-14(19)18-13-7-8-13/h3-6,13,16H,2,7-10H2,1H3,(H,17,20)(H,18,19). The molecule has 20 heavy (non-hydrogen) atoms. The van der Waals surface area contributed by atoms with Crippen LogP contribution in [0.4, 0.5) is 5.69 Å². The summed E-state index contributed by atoms with van der Waals surface area (Å²) in [7, 11) is 0. The average molecular weight is 275 g/mol. The van der Waals surface area contributed by atoms with Gasteiger partial charge in [0.25, 0.3) is 5.91 Å². The van der Waals surface area contributed by atoms with Crippen molar-refractivity contribution in [3.8, 4) is 0 Å². The Hall–Kier alpha value is -2.04. The maximum Gasteiger partial charge on any atom is 0.251 e. The summed E-state index contributed by atoms with van der Waals surface area (Å²) in [5, 5.41) is 8.70. The summed E-state index contributed by atoms with van der Waals surface area (Å²) in [5.74, 6) is -0.347. The number of anilines is 1. The third kappa shape index (κ3) is 4.57. The van der Waals surface area contributed by atoms with Crippen molar-refractivity contribution < 1.29 is 9.59 Å². The molecule has 2 rings (SSSR count). The number of rotatable bonds is 7. The van der Waals surface area contributed by atoms with Crippen molar-refractivity contribution in [2.24, 2.45) is 0 Å². The Morgan fingerprint density at radius 1 is 1.20 bits per heavy atom. The molecule has 1 aliphatic rings. The van der Waals surface area contributed by atoms with Gasteiger partial charge in [-0.15, -0.1) is 0 Å². The predicted octanol–water partition coefficient (Wildman–Crippen LogP) is 1.52. The van der Waals surface area contributed by atoms with Gasteiger partial charge in [-0.25, -0.2) is 0 Å². The number of carbonyl (C=O) groups excluding carboxylic acids is 2. The van der Waals surface area contributed by atoms with Gasteiger partial charge in [0.05, 0.1) is 6.54 Å². The molecule has 0 aliphatic heterocycles. The molecular formula is C15H21N3O2. The summed E-state index contributed by atoms with van der Waals surface area (Å²) >= 11 is 0. The van der Waals surface area contributed by atoms with Gasteiger partial charge in [-0.2, -0.15) is 0 Å². The SMILES string of the molecule is CCCNc1ccc(C(=O)NCC(=O)NC2CC2)cc1. The summed E-state index contributed by atoms with van der Waals surface area (Å²) in [6.07, 6.45) is 3.15. The molecule has 0 unspecified atom stereocenters. The van der Waals surface area contributed by atoms with Crippen LogP contribution >= 0.6 is 0 Å². The van der Waals surface area contributed by atoms with E-state index >= 15 is 0 Å². The maximum atomic E-state index is 11.9. The second kappa shape index (κ2) is 6.93. The van der Waals surface area contributed by atoms with E-state index in [-0.39, 0.29) is 18.4 Å². The molecule has 0 bridgehead atoms. The molecule has 1 aromatic rings. The van der Waals surface area contributed by atoms with Gasteiger partial charge in [0.1, 0.15) is 0 Å². The van der Waals surface area contributed by atoms with Crippen LogP contribution in [0.1, 0.15) is 36.5 Å². The van der Waals surface area contributed by atoms with Crippen molar-refractivity contribution in [2.75, 3.05) is 18.4 Å². The van der Waals surface area contributed by atoms with Gasteiger partial charge in [0, 0.05) is 23.8 Å². The van der Waals surface area contributed by atoms with Crippen molar-refractivity contribution in [2.45, 2.75) is 32.2 Å². The second-order valence-electron chi connectivity index (χ2n) is 5.03. The Kier molecular flexibility index (Phi) is 4.98. The monoisotopic (exact) mass is 275 g/mol. The predicted molar refractivity (Wildman–Crippen MR) is 78.7 cm³/mol. The topological polar surface area (TPSA) is 70.2 Å². The summed E-state index contributed by atoms with van der Waals surface area (Å²) < 4.78 is 0. The molecule has 108 valence electrons. The van der Waals surface area contributed by atoms with E-state index in [1.54, 1.807) is 12.1 Å². The van der Waals surface area contributed by atoms with E-state index in [0.29, 0.717) is 11.6 Å². The zero-order valence-electron chi connectivity index (χ0n) is 11.7. The number of carbonyl (C=O) groups is 2. The highest BCUT2D eigenvalue weighted by atomic mass is 16.2. The average Bonchev–Trinajstić information content (AvgIpc) is 3.27. The minimum absolute atomic E-state index is 0.0329. The van der Waals surface area contributed by atoms with Crippen molar-refractivity contribution in [1.82, 2.24) is 10.6 Å². The summed E-state index contributed by atoms with van der Waals surface area (Å²) in [6, 6.07) is 7.57. The Morgan fingerprint density at radius 3 is 2.50 bits per heavy atom. The molecule has 0 atom stereocenters. The molecule has 0 aromatic heterocycles. The normalized spacial score (nSPS) is 13.7. The molecule has 5 heteroatoms. The Bertz CT molecular complexity index is 467. The van der Waals surface area contributed by atoms with Gasteiger partial charge in [0.2, 0.25) is 5.91 Å². The van der Waals surface area contributed by atoms with Crippen LogP contribution < -0.4 is 16.0 Å². The highest BCUT2D eigenvalue weighted by Gasteiger charge is 2.23. The fraction of sp³-hybridized carbons (Fsp3) is 0.467. The van der Waals surface area contributed by atoms with E-state index in [1.165, 1.54) is 0 Å². The fourth-order valence-corrected chi connectivity index (χ4v) is 1.78. The Labute approximate surface area is 119 Å². The fourth-order valence-electron chi connectivity index (χ4n) is 1.78. The quantitative estimate of drug-likeness (QED) is 0.706. The molecule has 1 fully saturated rings. The zero-order chi connectivity index (χ0) is 14.4. The van der Waals surface area contributed by atoms with Crippen LogP contribution in [-0.4, -0.2) is 30.9 Å². The lowest BCUT2D eigenvalue weighted by atomic mass is 10.2. The van der Waals surface area contributed by atoms with Crippen LogP contribution in [0.2, 0.25) is 0 Å². The molecule has 1 aliphatic carbocycles. The van der Waals surface area contributed by atoms with Crippen LogP contribution in [-0.2, 0) is 4.79 Å². The van der Waals surface area contributed by atoms with E-state index in [2.05, 4.69) is 22.9 Å². The first-order valence-corrected chi connectivity index (χ1v) is 7.10. The molecule has 0 heterocycles. The Morgan fingerprint density at radius 2 is 1.90 bits per heavy atom. The molecule has 1 saturated carbocycles. The lowest BCUT2D eigenvalue weighted by Gasteiger charge is -2.07. The van der Waals surface area contributed by atoms with Gasteiger partial charge >= 0.3 is 0 Å². The number of nitrogens with one attached hydrogen (secondary N) is 3. The van der Waals surface area contributed by atoms with Gasteiger partial charge in [-0.3, -0.25) is 9.59 Å². The van der Waals surface area contributed by atoms with Crippen LogP contribution in [0.5, 0.6) is 0 Å². The van der Waals surface area contributed by atoms with Gasteiger partial charge in [-0.1, -0.05) is 6.92 Å². The highest BCUT2D eigenvalue weighted by molar-refractivity contribution is 5.96. The van der Waals surface area contributed by atoms with E-state index in [4.69, 9.17) is 0 Å². The highest BCUT2D eigenvalue weighted by Crippen LogP contribution is 2.18. The van der Waals surface area contributed by atoms with Crippen molar-refractivity contribution in [3.63, 3.8) is 0 Å². The minimum Gasteiger partial charge on any atom is -0.385 e. The van der Waals surface area contributed by atoms with Crippen LogP contribution in [0.3, 0.4) is 0 Å². The number of benzene rings is 1. The van der Waals surface area contributed by atoms with Gasteiger partial charge in [0.15, 0.2) is 0 Å². The molecule has 3 N–H and O–H groups in total. The van der Waals surface area contributed by atoms with E-state index < -0.39 is 0 Å². The number of amides is 2. The molecule has 2 amide bonds. The summed E-state index contributed by atoms with van der Waals surface area (Å²) in [4.78, 5) is 23.3. The van der Waals surface area contributed by atoms with Crippen molar-refractivity contribution >= 4 is 17.5 Å². The van der Waals surface area contributed by atoms with Crippen LogP contribution in [0, 0.1) is 0 Å². The largest absolute Gasteiger partial charge is 0.385 e. The van der Waals surface area contributed by atoms with Gasteiger partial charge < -0.3 is 16.0 Å². The van der Waals surface area contributed by atoms with E-state index in [9.17, 15) is 9.59 Å². The summed E-state index contributed by atoms with van der Waals surface area (Å²) in [6.45, 7) is 3.04. The number of hydrogen-bond donors (Lipinski definition) is 3. The minimum atomic E-state index is -0.224. The van der Waals surface area contributed by atoms with Crippen LogP contribution in [0.25, 0.3) is 0 Å². The first-order chi connectivity index (χ1) is 9.69. The molecule has 0 radical (unpaired) electrons. The smallest absolute Gasteiger partial charge is 0.251 e. The van der Waals surface area contributed by atoms with Gasteiger partial charge in [-0.05, 0) is 43.5 Å². The lowest BCUT2D eigenvalue weighted by molar-refractivity contribution is -0.120. The first-order valence-electron chi connectivity index (χ1n) is 7.10. The first kappa shape index (κ1) is 14.4. The number of hydrogen-bond acceptors (Lipinski definition) is 3. The second-order valence-corrected chi connectivity index (χ2v) is 5.03. The van der Waals surface area contributed by atoms with Crippen molar-refractivity contribution in [1.29, 1.82) is 0 Å². The lowest BCUT2D eigenvalue weighted by Crippen LogP contribution is -2.37. The maximum absolute atomic E-state index is 11.9. The molecule has 1 aromatic carbocycles. The van der Waals surface area contributed by atoms with E-state index in [1.807, 2.05) is 12.1 Å². The Balaban J connectivity index is 1.77. The van der Waals surface area contributed by atoms with Crippen molar-refractivity contribution in [3.05, 3.63) is 29.8 Å². The summed E-state index contributed by atoms with van der Waals surface area (Å²) in [5.41, 5.74) is 1.56. The molecule has 0 saturated heterocycles. The third-order valence-corrected chi connectivity index (χ3v) is 3.08. The molecular weight excluding hydrogens is 254 g/mol. The van der Waals surface area contributed by atoms with E-state index in [0.717, 1.165) is 31.5 Å². The van der Waals surface area contributed by atoms with Crippen LogP contribution in [0.15, 0.2) is 24.3 Å². The molecule has 5 nitrogen and oxygen atoms in total.